The first-order chi connectivity index (χ1) is 10.3. The molecule has 106 valence electrons. The number of nitrogens with zero attached hydrogens (tertiary/aromatic N) is 2. The van der Waals surface area contributed by atoms with Crippen molar-refractivity contribution in [1.29, 1.82) is 0 Å². The molecular formula is C16H15N3OS. The maximum atomic E-state index is 5.89. The van der Waals surface area contributed by atoms with Gasteiger partial charge in [0.05, 0.1) is 12.8 Å². The Hall–Kier alpha value is -2.40. The predicted molar refractivity (Wildman–Crippen MR) is 85.6 cm³/mol. The molecule has 0 bridgehead atoms. The lowest BCUT2D eigenvalue weighted by Crippen LogP contribution is -1.92. The van der Waals surface area contributed by atoms with Crippen LogP contribution in [0.15, 0.2) is 48.7 Å². The molecular weight excluding hydrogens is 282 g/mol. The highest BCUT2D eigenvalue weighted by Crippen LogP contribution is 2.32. The van der Waals surface area contributed by atoms with Crippen LogP contribution < -0.4 is 10.5 Å². The highest BCUT2D eigenvalue weighted by molar-refractivity contribution is 7.15. The third-order valence-corrected chi connectivity index (χ3v) is 4.03. The molecule has 3 rings (SSSR count). The molecule has 0 saturated heterocycles. The van der Waals surface area contributed by atoms with Gasteiger partial charge in [-0.1, -0.05) is 6.07 Å². The summed E-state index contributed by atoms with van der Waals surface area (Å²) in [7, 11) is 1.66. The van der Waals surface area contributed by atoms with E-state index in [4.69, 9.17) is 10.5 Å². The van der Waals surface area contributed by atoms with Crippen LogP contribution in [0.2, 0.25) is 0 Å². The maximum absolute atomic E-state index is 5.89. The van der Waals surface area contributed by atoms with Crippen molar-refractivity contribution in [3.05, 3.63) is 59.2 Å². The molecule has 0 radical (unpaired) electrons. The average Bonchev–Trinajstić information content (AvgIpc) is 2.89. The molecule has 0 fully saturated rings. The number of hydrogen-bond donors (Lipinski definition) is 1. The summed E-state index contributed by atoms with van der Waals surface area (Å²) in [6.45, 7) is 0. The van der Waals surface area contributed by atoms with Crippen molar-refractivity contribution in [2.24, 2.45) is 0 Å². The predicted octanol–water partition coefficient (Wildman–Crippen LogP) is 3.39. The molecule has 2 aromatic heterocycles. The Labute approximate surface area is 127 Å². The van der Waals surface area contributed by atoms with Crippen molar-refractivity contribution >= 4 is 16.5 Å². The first kappa shape index (κ1) is 13.6. The highest BCUT2D eigenvalue weighted by atomic mass is 32.1. The summed E-state index contributed by atoms with van der Waals surface area (Å²) in [5.41, 5.74) is 8.86. The standard InChI is InChI=1S/C16H15N3OS/c1-20-13-7-5-11(6-8-13)15-14(21-16(17)19-15)10-12-4-2-3-9-18-12/h2-9H,10H2,1H3,(H2,17,19). The van der Waals surface area contributed by atoms with Crippen LogP contribution in [0.1, 0.15) is 10.6 Å². The normalized spacial score (nSPS) is 10.5. The van der Waals surface area contributed by atoms with Gasteiger partial charge >= 0.3 is 0 Å². The highest BCUT2D eigenvalue weighted by Gasteiger charge is 2.13. The van der Waals surface area contributed by atoms with E-state index in [9.17, 15) is 0 Å². The minimum atomic E-state index is 0.576. The monoisotopic (exact) mass is 297 g/mol. The van der Waals surface area contributed by atoms with Gasteiger partial charge in [-0.3, -0.25) is 4.98 Å². The van der Waals surface area contributed by atoms with Crippen molar-refractivity contribution < 1.29 is 4.74 Å². The third kappa shape index (κ3) is 3.03. The van der Waals surface area contributed by atoms with Crippen molar-refractivity contribution in [3.63, 3.8) is 0 Å². The molecule has 0 aliphatic heterocycles. The molecule has 0 amide bonds. The molecule has 21 heavy (non-hydrogen) atoms. The van der Waals surface area contributed by atoms with E-state index in [-0.39, 0.29) is 0 Å². The van der Waals surface area contributed by atoms with Crippen molar-refractivity contribution in [3.8, 4) is 17.0 Å². The number of hydrogen-bond acceptors (Lipinski definition) is 5. The Morgan fingerprint density at radius 3 is 2.62 bits per heavy atom. The number of pyridine rings is 1. The van der Waals surface area contributed by atoms with Crippen LogP contribution in [0.3, 0.4) is 0 Å². The first-order valence-electron chi connectivity index (χ1n) is 6.56. The second-order valence-corrected chi connectivity index (χ2v) is 5.67. The van der Waals surface area contributed by atoms with Crippen LogP contribution in [0.25, 0.3) is 11.3 Å². The van der Waals surface area contributed by atoms with Gasteiger partial charge in [-0.15, -0.1) is 11.3 Å². The van der Waals surface area contributed by atoms with E-state index in [1.54, 1.807) is 13.3 Å². The second kappa shape index (κ2) is 5.93. The lowest BCUT2D eigenvalue weighted by Gasteiger charge is -2.04. The molecule has 3 aromatic rings. The zero-order valence-electron chi connectivity index (χ0n) is 11.6. The SMILES string of the molecule is COc1ccc(-c2nc(N)sc2Cc2ccccn2)cc1. The number of aromatic nitrogens is 2. The Bertz CT molecular complexity index is 723. The van der Waals surface area contributed by atoms with E-state index in [1.165, 1.54) is 11.3 Å². The van der Waals surface area contributed by atoms with E-state index in [2.05, 4.69) is 9.97 Å². The lowest BCUT2D eigenvalue weighted by atomic mass is 10.1. The van der Waals surface area contributed by atoms with Crippen LogP contribution in [0.5, 0.6) is 5.75 Å². The quantitative estimate of drug-likeness (QED) is 0.802. The Morgan fingerprint density at radius 2 is 1.95 bits per heavy atom. The fourth-order valence-electron chi connectivity index (χ4n) is 2.13. The lowest BCUT2D eigenvalue weighted by molar-refractivity contribution is 0.415. The number of nitrogens with two attached hydrogens (primary N) is 1. The van der Waals surface area contributed by atoms with Crippen LogP contribution in [-0.4, -0.2) is 17.1 Å². The van der Waals surface area contributed by atoms with E-state index in [0.717, 1.165) is 34.0 Å². The number of ether oxygens (including phenoxy) is 1. The number of rotatable bonds is 4. The van der Waals surface area contributed by atoms with Gasteiger partial charge in [0.15, 0.2) is 5.13 Å². The molecule has 1 aromatic carbocycles. The van der Waals surface area contributed by atoms with Gasteiger partial charge < -0.3 is 10.5 Å². The topological polar surface area (TPSA) is 61.0 Å². The molecule has 4 nitrogen and oxygen atoms in total. The van der Waals surface area contributed by atoms with E-state index < -0.39 is 0 Å². The van der Waals surface area contributed by atoms with Gasteiger partial charge in [-0.05, 0) is 36.4 Å². The Kier molecular flexibility index (Phi) is 3.83. The number of anilines is 1. The molecule has 0 spiro atoms. The summed E-state index contributed by atoms with van der Waals surface area (Å²) in [5.74, 6) is 0.827. The van der Waals surface area contributed by atoms with Gasteiger partial charge in [0.2, 0.25) is 0 Å². The summed E-state index contributed by atoms with van der Waals surface area (Å²) < 4.78 is 5.18. The van der Waals surface area contributed by atoms with Gasteiger partial charge in [-0.2, -0.15) is 0 Å². The zero-order chi connectivity index (χ0) is 14.7. The minimum Gasteiger partial charge on any atom is -0.497 e. The van der Waals surface area contributed by atoms with E-state index in [1.807, 2.05) is 42.5 Å². The first-order valence-corrected chi connectivity index (χ1v) is 7.37. The van der Waals surface area contributed by atoms with Crippen LogP contribution >= 0.6 is 11.3 Å². The van der Waals surface area contributed by atoms with Gasteiger partial charge in [0, 0.05) is 28.8 Å². The molecule has 0 aliphatic carbocycles. The van der Waals surface area contributed by atoms with E-state index >= 15 is 0 Å². The fourth-order valence-corrected chi connectivity index (χ4v) is 3.00. The Morgan fingerprint density at radius 1 is 1.14 bits per heavy atom. The zero-order valence-corrected chi connectivity index (χ0v) is 12.4. The number of methoxy groups -OCH3 is 1. The van der Waals surface area contributed by atoms with E-state index in [0.29, 0.717) is 5.13 Å². The largest absolute Gasteiger partial charge is 0.497 e. The van der Waals surface area contributed by atoms with Crippen molar-refractivity contribution in [1.82, 2.24) is 9.97 Å². The minimum absolute atomic E-state index is 0.576. The number of thiazole rings is 1. The second-order valence-electron chi connectivity index (χ2n) is 4.55. The third-order valence-electron chi connectivity index (χ3n) is 3.15. The number of benzene rings is 1. The van der Waals surface area contributed by atoms with Crippen LogP contribution in [-0.2, 0) is 6.42 Å². The molecule has 2 heterocycles. The van der Waals surface area contributed by atoms with Gasteiger partial charge in [-0.25, -0.2) is 4.98 Å². The number of nitrogen functional groups attached to an aromatic ring is 1. The van der Waals surface area contributed by atoms with Gasteiger partial charge in [0.1, 0.15) is 5.75 Å². The maximum Gasteiger partial charge on any atom is 0.180 e. The summed E-state index contributed by atoms with van der Waals surface area (Å²) >= 11 is 1.51. The smallest absolute Gasteiger partial charge is 0.180 e. The van der Waals surface area contributed by atoms with Crippen molar-refractivity contribution in [2.45, 2.75) is 6.42 Å². The Balaban J connectivity index is 1.95. The molecule has 0 saturated carbocycles. The van der Waals surface area contributed by atoms with Crippen LogP contribution in [0, 0.1) is 0 Å². The summed E-state index contributed by atoms with van der Waals surface area (Å²) in [6.07, 6.45) is 2.53. The van der Waals surface area contributed by atoms with Crippen LogP contribution in [0.4, 0.5) is 5.13 Å². The summed E-state index contributed by atoms with van der Waals surface area (Å²) in [6, 6.07) is 13.7. The molecule has 0 atom stereocenters. The van der Waals surface area contributed by atoms with Crippen molar-refractivity contribution in [2.75, 3.05) is 12.8 Å². The summed E-state index contributed by atoms with van der Waals surface area (Å²) in [4.78, 5) is 9.95. The summed E-state index contributed by atoms with van der Waals surface area (Å²) in [5, 5.41) is 0.576. The average molecular weight is 297 g/mol. The molecule has 0 unspecified atom stereocenters. The fraction of sp³-hybridized carbons (Fsp3) is 0.125. The van der Waals surface area contributed by atoms with Gasteiger partial charge in [0.25, 0.3) is 0 Å². The molecule has 0 aliphatic rings. The molecule has 2 N–H and O–H groups in total. The molecule has 5 heteroatoms.